The van der Waals surface area contributed by atoms with Crippen molar-refractivity contribution in [1.82, 2.24) is 9.97 Å². The first kappa shape index (κ1) is 13.7. The SMILES string of the molecule is CCCN(c1ncncc1Br)C1CCC(N)CC1. The summed E-state index contributed by atoms with van der Waals surface area (Å²) >= 11 is 3.55. The summed E-state index contributed by atoms with van der Waals surface area (Å²) in [6.07, 6.45) is 9.13. The Morgan fingerprint density at radius 1 is 1.39 bits per heavy atom. The minimum absolute atomic E-state index is 0.388. The monoisotopic (exact) mass is 312 g/mol. The summed E-state index contributed by atoms with van der Waals surface area (Å²) < 4.78 is 0.980. The van der Waals surface area contributed by atoms with Crippen LogP contribution in [-0.4, -0.2) is 28.6 Å². The van der Waals surface area contributed by atoms with Crippen molar-refractivity contribution in [2.45, 2.75) is 51.1 Å². The average Bonchev–Trinajstić information content (AvgIpc) is 2.38. The summed E-state index contributed by atoms with van der Waals surface area (Å²) in [4.78, 5) is 10.9. The van der Waals surface area contributed by atoms with Crippen molar-refractivity contribution in [1.29, 1.82) is 0 Å². The zero-order valence-electron chi connectivity index (χ0n) is 10.8. The molecule has 1 fully saturated rings. The van der Waals surface area contributed by atoms with Gasteiger partial charge in [-0.05, 0) is 48.0 Å². The lowest BCUT2D eigenvalue weighted by molar-refractivity contribution is 0.373. The van der Waals surface area contributed by atoms with Gasteiger partial charge in [0.25, 0.3) is 0 Å². The first-order chi connectivity index (χ1) is 8.72. The van der Waals surface area contributed by atoms with E-state index in [1.807, 2.05) is 6.20 Å². The lowest BCUT2D eigenvalue weighted by Crippen LogP contribution is -2.42. The number of aromatic nitrogens is 2. The minimum Gasteiger partial charge on any atom is -0.353 e. The zero-order chi connectivity index (χ0) is 13.0. The largest absolute Gasteiger partial charge is 0.353 e. The normalized spacial score (nSPS) is 23.9. The first-order valence-corrected chi connectivity index (χ1v) is 7.49. The summed E-state index contributed by atoms with van der Waals surface area (Å²) in [6, 6.07) is 0.953. The van der Waals surface area contributed by atoms with E-state index in [1.165, 1.54) is 0 Å². The molecule has 18 heavy (non-hydrogen) atoms. The Morgan fingerprint density at radius 2 is 2.11 bits per heavy atom. The summed E-state index contributed by atoms with van der Waals surface area (Å²) in [5.74, 6) is 1.02. The molecule has 0 atom stereocenters. The van der Waals surface area contributed by atoms with Gasteiger partial charge in [-0.15, -0.1) is 0 Å². The molecule has 0 saturated heterocycles. The van der Waals surface area contributed by atoms with E-state index in [2.05, 4.69) is 37.7 Å². The fourth-order valence-electron chi connectivity index (χ4n) is 2.63. The Bertz CT molecular complexity index is 377. The molecule has 0 amide bonds. The van der Waals surface area contributed by atoms with Gasteiger partial charge in [-0.1, -0.05) is 6.92 Å². The highest BCUT2D eigenvalue weighted by Crippen LogP contribution is 2.30. The Balaban J connectivity index is 2.15. The van der Waals surface area contributed by atoms with Crippen LogP contribution in [0.2, 0.25) is 0 Å². The third kappa shape index (κ3) is 3.20. The number of nitrogens with zero attached hydrogens (tertiary/aromatic N) is 3. The third-order valence-corrected chi connectivity index (χ3v) is 4.13. The van der Waals surface area contributed by atoms with Gasteiger partial charge in [-0.2, -0.15) is 0 Å². The molecule has 1 aromatic heterocycles. The minimum atomic E-state index is 0.388. The molecule has 0 bridgehead atoms. The van der Waals surface area contributed by atoms with Gasteiger partial charge in [0.15, 0.2) is 0 Å². The van der Waals surface area contributed by atoms with Gasteiger partial charge >= 0.3 is 0 Å². The van der Waals surface area contributed by atoms with E-state index in [0.717, 1.165) is 48.9 Å². The van der Waals surface area contributed by atoms with Gasteiger partial charge in [-0.3, -0.25) is 0 Å². The molecule has 1 saturated carbocycles. The average molecular weight is 313 g/mol. The van der Waals surface area contributed by atoms with Crippen molar-refractivity contribution in [3.8, 4) is 0 Å². The Labute approximate surface area is 117 Å². The van der Waals surface area contributed by atoms with Crippen molar-refractivity contribution in [3.63, 3.8) is 0 Å². The maximum atomic E-state index is 5.99. The summed E-state index contributed by atoms with van der Waals surface area (Å²) in [7, 11) is 0. The van der Waals surface area contributed by atoms with Crippen molar-refractivity contribution < 1.29 is 0 Å². The van der Waals surface area contributed by atoms with Crippen molar-refractivity contribution in [3.05, 3.63) is 17.0 Å². The van der Waals surface area contributed by atoms with E-state index >= 15 is 0 Å². The van der Waals surface area contributed by atoms with E-state index < -0.39 is 0 Å². The number of nitrogens with two attached hydrogens (primary N) is 1. The maximum Gasteiger partial charge on any atom is 0.146 e. The van der Waals surface area contributed by atoms with E-state index in [-0.39, 0.29) is 0 Å². The Hall–Kier alpha value is -0.680. The molecule has 100 valence electrons. The van der Waals surface area contributed by atoms with E-state index in [1.54, 1.807) is 6.33 Å². The second-order valence-corrected chi connectivity index (χ2v) is 5.81. The van der Waals surface area contributed by atoms with Crippen LogP contribution in [0.25, 0.3) is 0 Å². The van der Waals surface area contributed by atoms with Crippen LogP contribution in [0.3, 0.4) is 0 Å². The molecular weight excluding hydrogens is 292 g/mol. The van der Waals surface area contributed by atoms with E-state index in [4.69, 9.17) is 5.73 Å². The van der Waals surface area contributed by atoms with Crippen LogP contribution >= 0.6 is 15.9 Å². The lowest BCUT2D eigenvalue weighted by Gasteiger charge is -2.37. The van der Waals surface area contributed by atoms with Gasteiger partial charge in [0, 0.05) is 24.8 Å². The second kappa shape index (κ2) is 6.48. The molecule has 1 aromatic rings. The Morgan fingerprint density at radius 3 is 2.72 bits per heavy atom. The predicted molar refractivity (Wildman–Crippen MR) is 77.6 cm³/mol. The number of rotatable bonds is 4. The van der Waals surface area contributed by atoms with Crippen LogP contribution in [0.5, 0.6) is 0 Å². The van der Waals surface area contributed by atoms with Crippen molar-refractivity contribution >= 4 is 21.7 Å². The molecular formula is C13H21BrN4. The predicted octanol–water partition coefficient (Wildman–Crippen LogP) is 2.73. The molecule has 2 rings (SSSR count). The molecule has 0 aromatic carbocycles. The molecule has 0 spiro atoms. The molecule has 0 radical (unpaired) electrons. The van der Waals surface area contributed by atoms with Gasteiger partial charge in [0.2, 0.25) is 0 Å². The van der Waals surface area contributed by atoms with E-state index in [9.17, 15) is 0 Å². The second-order valence-electron chi connectivity index (χ2n) is 4.96. The molecule has 4 nitrogen and oxygen atoms in total. The van der Waals surface area contributed by atoms with Gasteiger partial charge in [0.1, 0.15) is 12.1 Å². The highest BCUT2D eigenvalue weighted by Gasteiger charge is 2.25. The van der Waals surface area contributed by atoms with Crippen LogP contribution in [-0.2, 0) is 0 Å². The molecule has 0 unspecified atom stereocenters. The van der Waals surface area contributed by atoms with Crippen LogP contribution in [0, 0.1) is 0 Å². The molecule has 1 aliphatic rings. The molecule has 1 aliphatic carbocycles. The third-order valence-electron chi connectivity index (χ3n) is 3.57. The summed E-state index contributed by atoms with van der Waals surface area (Å²) in [5.41, 5.74) is 5.99. The molecule has 0 aliphatic heterocycles. The Kier molecular flexibility index (Phi) is 4.95. The molecule has 5 heteroatoms. The van der Waals surface area contributed by atoms with Gasteiger partial charge in [-0.25, -0.2) is 9.97 Å². The van der Waals surface area contributed by atoms with Crippen LogP contribution < -0.4 is 10.6 Å². The van der Waals surface area contributed by atoms with Gasteiger partial charge < -0.3 is 10.6 Å². The standard InChI is InChI=1S/C13H21BrN4/c1-2-7-18(11-5-3-10(15)4-6-11)13-12(14)8-16-9-17-13/h8-11H,2-7,15H2,1H3. The molecule has 2 N–H and O–H groups in total. The fraction of sp³-hybridized carbons (Fsp3) is 0.692. The zero-order valence-corrected chi connectivity index (χ0v) is 12.4. The first-order valence-electron chi connectivity index (χ1n) is 6.70. The quantitative estimate of drug-likeness (QED) is 0.928. The number of anilines is 1. The topological polar surface area (TPSA) is 55.0 Å². The summed E-state index contributed by atoms with van der Waals surface area (Å²) in [6.45, 7) is 3.24. The highest BCUT2D eigenvalue weighted by molar-refractivity contribution is 9.10. The summed E-state index contributed by atoms with van der Waals surface area (Å²) in [5, 5.41) is 0. The fourth-order valence-corrected chi connectivity index (χ4v) is 3.08. The van der Waals surface area contributed by atoms with Crippen molar-refractivity contribution in [2.75, 3.05) is 11.4 Å². The maximum absolute atomic E-state index is 5.99. The number of hydrogen-bond acceptors (Lipinski definition) is 4. The van der Waals surface area contributed by atoms with E-state index in [0.29, 0.717) is 12.1 Å². The van der Waals surface area contributed by atoms with Crippen molar-refractivity contribution in [2.24, 2.45) is 5.73 Å². The van der Waals surface area contributed by atoms with Crippen LogP contribution in [0.15, 0.2) is 17.0 Å². The van der Waals surface area contributed by atoms with Crippen LogP contribution in [0.1, 0.15) is 39.0 Å². The lowest BCUT2D eigenvalue weighted by atomic mass is 9.90. The number of hydrogen-bond donors (Lipinski definition) is 1. The smallest absolute Gasteiger partial charge is 0.146 e. The molecule has 1 heterocycles. The van der Waals surface area contributed by atoms with Crippen LogP contribution in [0.4, 0.5) is 5.82 Å². The number of halogens is 1. The highest BCUT2D eigenvalue weighted by atomic mass is 79.9. The van der Waals surface area contributed by atoms with Gasteiger partial charge in [0.05, 0.1) is 4.47 Å².